The molecule has 4 rings (SSSR count). The zero-order chi connectivity index (χ0) is 28.3. The van der Waals surface area contributed by atoms with E-state index in [9.17, 15) is 17.6 Å². The van der Waals surface area contributed by atoms with Gasteiger partial charge in [-0.15, -0.1) is 0 Å². The van der Waals surface area contributed by atoms with Gasteiger partial charge in [0.25, 0.3) is 0 Å². The summed E-state index contributed by atoms with van der Waals surface area (Å²) >= 11 is 6.03. The van der Waals surface area contributed by atoms with Crippen molar-refractivity contribution in [2.75, 3.05) is 18.4 Å². The van der Waals surface area contributed by atoms with E-state index in [1.807, 2.05) is 32.9 Å². The van der Waals surface area contributed by atoms with Crippen molar-refractivity contribution in [3.63, 3.8) is 0 Å². The Morgan fingerprint density at radius 2 is 1.92 bits per heavy atom. The SMILES string of the molecule is CC(C)C(c1ccc(Cl)cc1)C(N)C(=O)Nc1cncc(F)c1CCCC1CNCC(C)N1S(=O)(=O)C1CC1. The first kappa shape index (κ1) is 29.9. The number of amides is 1. The van der Waals surface area contributed by atoms with E-state index in [1.165, 1.54) is 6.20 Å². The molecular formula is C28H39ClFN5O3S. The van der Waals surface area contributed by atoms with E-state index >= 15 is 0 Å². The van der Waals surface area contributed by atoms with Gasteiger partial charge in [-0.2, -0.15) is 4.31 Å². The molecule has 1 aromatic carbocycles. The maximum Gasteiger partial charge on any atom is 0.241 e. The summed E-state index contributed by atoms with van der Waals surface area (Å²) in [5, 5.41) is 6.46. The molecule has 11 heteroatoms. The zero-order valence-electron chi connectivity index (χ0n) is 22.7. The Bertz CT molecular complexity index is 1260. The predicted molar refractivity (Wildman–Crippen MR) is 153 cm³/mol. The minimum atomic E-state index is -3.33. The number of nitrogens with two attached hydrogens (primary N) is 1. The van der Waals surface area contributed by atoms with Crippen molar-refractivity contribution in [3.05, 3.63) is 58.6 Å². The first-order chi connectivity index (χ1) is 18.5. The number of piperazine rings is 1. The molecule has 1 aliphatic heterocycles. The highest BCUT2D eigenvalue weighted by Crippen LogP contribution is 2.35. The monoisotopic (exact) mass is 579 g/mol. The normalized spacial score (nSPS) is 22.0. The highest BCUT2D eigenvalue weighted by atomic mass is 35.5. The molecule has 4 N–H and O–H groups in total. The molecule has 4 atom stereocenters. The quantitative estimate of drug-likeness (QED) is 0.370. The number of hydrogen-bond donors (Lipinski definition) is 3. The van der Waals surface area contributed by atoms with E-state index in [0.717, 1.165) is 24.6 Å². The number of aromatic nitrogens is 1. The van der Waals surface area contributed by atoms with Crippen molar-refractivity contribution >= 4 is 33.2 Å². The van der Waals surface area contributed by atoms with Gasteiger partial charge < -0.3 is 16.4 Å². The molecule has 1 aromatic heterocycles. The number of sulfonamides is 1. The van der Waals surface area contributed by atoms with Gasteiger partial charge in [0.2, 0.25) is 15.9 Å². The van der Waals surface area contributed by atoms with Gasteiger partial charge in [0.1, 0.15) is 5.82 Å². The van der Waals surface area contributed by atoms with Gasteiger partial charge >= 0.3 is 0 Å². The minimum absolute atomic E-state index is 0.0680. The standard InChI is InChI=1S/C28H39ClFN5O3S/c1-17(2)26(19-7-9-20(29)10-8-19)27(31)28(36)34-25-16-33-15-24(30)23(25)6-4-5-21-14-32-13-18(3)35(21)39(37,38)22-11-12-22/h7-10,15-18,21-22,26-27,32H,4-6,11-14,31H2,1-3H3,(H,34,36). The van der Waals surface area contributed by atoms with Gasteiger partial charge in [0.05, 0.1) is 29.4 Å². The van der Waals surface area contributed by atoms with Gasteiger partial charge in [-0.05, 0) is 62.6 Å². The lowest BCUT2D eigenvalue weighted by Gasteiger charge is -2.40. The maximum atomic E-state index is 14.9. The van der Waals surface area contributed by atoms with E-state index < -0.39 is 27.8 Å². The van der Waals surface area contributed by atoms with Crippen LogP contribution in [-0.4, -0.2) is 60.1 Å². The molecule has 0 bridgehead atoms. The van der Waals surface area contributed by atoms with Crippen LogP contribution in [0.25, 0.3) is 0 Å². The zero-order valence-corrected chi connectivity index (χ0v) is 24.3. The molecule has 8 nitrogen and oxygen atoms in total. The number of carbonyl (C=O) groups excluding carboxylic acids is 1. The summed E-state index contributed by atoms with van der Waals surface area (Å²) in [6.45, 7) is 7.09. The number of pyridine rings is 1. The van der Waals surface area contributed by atoms with Gasteiger partial charge in [-0.3, -0.25) is 9.78 Å². The summed E-state index contributed by atoms with van der Waals surface area (Å²) in [5.74, 6) is -1.15. The van der Waals surface area contributed by atoms with Crippen LogP contribution in [0.1, 0.15) is 63.5 Å². The van der Waals surface area contributed by atoms with E-state index in [1.54, 1.807) is 16.4 Å². The first-order valence-corrected chi connectivity index (χ1v) is 15.6. The molecule has 1 amide bonds. The number of anilines is 1. The lowest BCUT2D eigenvalue weighted by molar-refractivity contribution is -0.118. The van der Waals surface area contributed by atoms with Gasteiger partial charge in [0, 0.05) is 41.7 Å². The number of halogens is 2. The summed E-state index contributed by atoms with van der Waals surface area (Å²) in [5.41, 5.74) is 7.96. The Hall–Kier alpha value is -2.11. The van der Waals surface area contributed by atoms with Crippen LogP contribution >= 0.6 is 11.6 Å². The van der Waals surface area contributed by atoms with Crippen LogP contribution in [-0.2, 0) is 21.2 Å². The van der Waals surface area contributed by atoms with Crippen molar-refractivity contribution < 1.29 is 17.6 Å². The molecule has 2 fully saturated rings. The van der Waals surface area contributed by atoms with Crippen LogP contribution in [0, 0.1) is 11.7 Å². The lowest BCUT2D eigenvalue weighted by Crippen LogP contribution is -2.58. The molecule has 1 saturated carbocycles. The predicted octanol–water partition coefficient (Wildman–Crippen LogP) is 4.06. The van der Waals surface area contributed by atoms with Crippen LogP contribution in [0.3, 0.4) is 0 Å². The molecule has 4 unspecified atom stereocenters. The van der Waals surface area contributed by atoms with Crippen LogP contribution < -0.4 is 16.4 Å². The van der Waals surface area contributed by atoms with Crippen molar-refractivity contribution in [1.82, 2.24) is 14.6 Å². The van der Waals surface area contributed by atoms with Crippen molar-refractivity contribution in [3.8, 4) is 0 Å². The highest BCUT2D eigenvalue weighted by molar-refractivity contribution is 7.90. The number of carbonyl (C=O) groups is 1. The van der Waals surface area contributed by atoms with Crippen molar-refractivity contribution in [2.24, 2.45) is 11.7 Å². The third-order valence-electron chi connectivity index (χ3n) is 7.74. The van der Waals surface area contributed by atoms with Crippen molar-refractivity contribution in [1.29, 1.82) is 0 Å². The average molecular weight is 580 g/mol. The fourth-order valence-corrected chi connectivity index (χ4v) is 8.01. The summed E-state index contributed by atoms with van der Waals surface area (Å²) in [7, 11) is -3.33. The topological polar surface area (TPSA) is 117 Å². The van der Waals surface area contributed by atoms with E-state index in [-0.39, 0.29) is 34.9 Å². The molecule has 0 spiro atoms. The molecule has 39 heavy (non-hydrogen) atoms. The minimum Gasteiger partial charge on any atom is -0.323 e. The third-order valence-corrected chi connectivity index (χ3v) is 10.6. The Labute approximate surface area is 235 Å². The Kier molecular flexibility index (Phi) is 9.65. The van der Waals surface area contributed by atoms with Gasteiger partial charge in [-0.1, -0.05) is 37.6 Å². The molecule has 2 heterocycles. The van der Waals surface area contributed by atoms with Crippen LogP contribution in [0.4, 0.5) is 10.1 Å². The number of benzene rings is 1. The molecule has 2 aliphatic rings. The average Bonchev–Trinajstić information content (AvgIpc) is 3.73. The Balaban J connectivity index is 1.44. The first-order valence-electron chi connectivity index (χ1n) is 13.7. The lowest BCUT2D eigenvalue weighted by atomic mass is 9.82. The number of nitrogens with one attached hydrogen (secondary N) is 2. The summed E-state index contributed by atoms with van der Waals surface area (Å²) in [6, 6.07) is 6.07. The highest BCUT2D eigenvalue weighted by Gasteiger charge is 2.45. The smallest absolute Gasteiger partial charge is 0.241 e. The van der Waals surface area contributed by atoms with Crippen molar-refractivity contribution in [2.45, 2.75) is 82.2 Å². The second-order valence-corrected chi connectivity index (χ2v) is 13.7. The number of nitrogens with zero attached hydrogens (tertiary/aromatic N) is 2. The number of hydrogen-bond acceptors (Lipinski definition) is 6. The molecular weight excluding hydrogens is 541 g/mol. The fraction of sp³-hybridized carbons (Fsp3) is 0.571. The molecule has 214 valence electrons. The summed E-state index contributed by atoms with van der Waals surface area (Å²) in [6.07, 6.45) is 5.44. The van der Waals surface area contributed by atoms with E-state index in [2.05, 4.69) is 15.6 Å². The fourth-order valence-electron chi connectivity index (χ4n) is 5.63. The molecule has 1 saturated heterocycles. The third kappa shape index (κ3) is 6.97. The number of rotatable bonds is 11. The maximum absolute atomic E-state index is 14.9. The van der Waals surface area contributed by atoms with Gasteiger partial charge in [0.15, 0.2) is 0 Å². The Morgan fingerprint density at radius 1 is 1.23 bits per heavy atom. The molecule has 2 aromatic rings. The van der Waals surface area contributed by atoms with Crippen LogP contribution in [0.15, 0.2) is 36.7 Å². The second-order valence-electron chi connectivity index (χ2n) is 11.1. The summed E-state index contributed by atoms with van der Waals surface area (Å²) < 4.78 is 42.8. The van der Waals surface area contributed by atoms with E-state index in [0.29, 0.717) is 42.9 Å². The Morgan fingerprint density at radius 3 is 2.56 bits per heavy atom. The molecule has 0 radical (unpaired) electrons. The van der Waals surface area contributed by atoms with Crippen LogP contribution in [0.2, 0.25) is 5.02 Å². The second kappa shape index (κ2) is 12.6. The molecule has 1 aliphatic carbocycles. The van der Waals surface area contributed by atoms with Gasteiger partial charge in [-0.25, -0.2) is 12.8 Å². The summed E-state index contributed by atoms with van der Waals surface area (Å²) in [4.78, 5) is 17.2. The van der Waals surface area contributed by atoms with E-state index in [4.69, 9.17) is 17.3 Å². The van der Waals surface area contributed by atoms with Crippen LogP contribution in [0.5, 0.6) is 0 Å². The largest absolute Gasteiger partial charge is 0.323 e.